The van der Waals surface area contributed by atoms with Crippen molar-refractivity contribution in [3.63, 3.8) is 0 Å². The fourth-order valence-corrected chi connectivity index (χ4v) is 3.49. The van der Waals surface area contributed by atoms with Gasteiger partial charge in [-0.1, -0.05) is 28.9 Å². The number of rotatable bonds is 3. The Morgan fingerprint density at radius 2 is 2.28 bits per heavy atom. The predicted molar refractivity (Wildman–Crippen MR) is 74.7 cm³/mol. The molecule has 1 aliphatic heterocycles. The molecule has 1 N–H and O–H groups in total. The summed E-state index contributed by atoms with van der Waals surface area (Å²) in [5.74, 6) is -0.715. The summed E-state index contributed by atoms with van der Waals surface area (Å²) in [6.07, 6.45) is 1.57. The fraction of sp³-hybridized carbons (Fsp3) is 0.500. The molecule has 1 aromatic carbocycles. The van der Waals surface area contributed by atoms with Crippen molar-refractivity contribution in [3.8, 4) is 0 Å². The molecule has 1 aliphatic rings. The van der Waals surface area contributed by atoms with E-state index in [1.807, 2.05) is 6.92 Å². The van der Waals surface area contributed by atoms with Crippen LogP contribution in [0.4, 0.5) is 0 Å². The second-order valence-electron chi connectivity index (χ2n) is 4.87. The van der Waals surface area contributed by atoms with Gasteiger partial charge in [0.1, 0.15) is 6.04 Å². The van der Waals surface area contributed by atoms with Crippen LogP contribution >= 0.6 is 15.9 Å². The number of carboxylic acid groups (broad SMARTS) is 1. The molecule has 4 heteroatoms. The van der Waals surface area contributed by atoms with E-state index in [4.69, 9.17) is 0 Å². The van der Waals surface area contributed by atoms with Crippen LogP contribution in [-0.4, -0.2) is 28.6 Å². The molecular weight excluding hydrogens is 294 g/mol. The lowest BCUT2D eigenvalue weighted by atomic mass is 9.96. The molecule has 1 heterocycles. The van der Waals surface area contributed by atoms with E-state index in [9.17, 15) is 9.90 Å². The maximum Gasteiger partial charge on any atom is 0.320 e. The maximum atomic E-state index is 11.2. The van der Waals surface area contributed by atoms with Crippen LogP contribution in [0.2, 0.25) is 0 Å². The second kappa shape index (κ2) is 5.41. The lowest BCUT2D eigenvalue weighted by Gasteiger charge is -2.33. The van der Waals surface area contributed by atoms with E-state index in [-0.39, 0.29) is 6.04 Å². The Hall–Kier alpha value is -0.870. The Labute approximate surface area is 116 Å². The van der Waals surface area contributed by atoms with Gasteiger partial charge in [0.2, 0.25) is 0 Å². The quantitative estimate of drug-likeness (QED) is 0.933. The van der Waals surface area contributed by atoms with Gasteiger partial charge in [-0.15, -0.1) is 0 Å². The third-order valence-corrected chi connectivity index (χ3v) is 4.27. The standard InChI is InChI=1S/C14H18BrNO2/c1-3-13(14(17)18)16-5-4-11-10(8-16)6-9(2)7-12(11)15/h6-7,13H,3-5,8H2,1-2H3,(H,17,18). The number of halogens is 1. The Balaban J connectivity index is 2.27. The van der Waals surface area contributed by atoms with E-state index in [1.54, 1.807) is 0 Å². The molecule has 0 saturated carbocycles. The molecular formula is C14H18BrNO2. The number of hydrogen-bond donors (Lipinski definition) is 1. The van der Waals surface area contributed by atoms with Crippen LogP contribution in [0, 0.1) is 6.92 Å². The van der Waals surface area contributed by atoms with Crippen molar-refractivity contribution in [2.75, 3.05) is 6.54 Å². The summed E-state index contributed by atoms with van der Waals surface area (Å²) < 4.78 is 1.15. The minimum absolute atomic E-state index is 0.363. The Morgan fingerprint density at radius 3 is 2.89 bits per heavy atom. The number of fused-ring (bicyclic) bond motifs is 1. The summed E-state index contributed by atoms with van der Waals surface area (Å²) in [4.78, 5) is 13.3. The van der Waals surface area contributed by atoms with E-state index in [0.717, 1.165) is 24.0 Å². The largest absolute Gasteiger partial charge is 0.480 e. The monoisotopic (exact) mass is 311 g/mol. The predicted octanol–water partition coefficient (Wildman–Crippen LogP) is 2.98. The molecule has 0 aliphatic carbocycles. The average Bonchev–Trinajstić information content (AvgIpc) is 2.28. The number of aryl methyl sites for hydroxylation is 1. The molecule has 0 aromatic heterocycles. The molecule has 2 rings (SSSR count). The van der Waals surface area contributed by atoms with Crippen LogP contribution in [0.3, 0.4) is 0 Å². The number of nitrogens with zero attached hydrogens (tertiary/aromatic N) is 1. The molecule has 0 bridgehead atoms. The lowest BCUT2D eigenvalue weighted by Crippen LogP contribution is -2.43. The summed E-state index contributed by atoms with van der Waals surface area (Å²) in [5.41, 5.74) is 3.80. The van der Waals surface area contributed by atoms with Crippen molar-refractivity contribution < 1.29 is 9.90 Å². The first-order valence-electron chi connectivity index (χ1n) is 6.27. The molecule has 1 aromatic rings. The van der Waals surface area contributed by atoms with Crippen molar-refractivity contribution in [2.45, 2.75) is 39.3 Å². The zero-order chi connectivity index (χ0) is 13.3. The van der Waals surface area contributed by atoms with E-state index >= 15 is 0 Å². The zero-order valence-corrected chi connectivity index (χ0v) is 12.3. The second-order valence-corrected chi connectivity index (χ2v) is 5.72. The average molecular weight is 312 g/mol. The maximum absolute atomic E-state index is 11.2. The van der Waals surface area contributed by atoms with Gasteiger partial charge in [-0.3, -0.25) is 9.69 Å². The SMILES string of the molecule is CCC(C(=O)O)N1CCc2c(Br)cc(C)cc2C1. The van der Waals surface area contributed by atoms with Gasteiger partial charge in [0.25, 0.3) is 0 Å². The number of carbonyl (C=O) groups is 1. The van der Waals surface area contributed by atoms with Crippen molar-refractivity contribution in [1.82, 2.24) is 4.90 Å². The molecule has 0 saturated heterocycles. The van der Waals surface area contributed by atoms with Gasteiger partial charge in [-0.2, -0.15) is 0 Å². The number of benzene rings is 1. The third kappa shape index (κ3) is 2.59. The van der Waals surface area contributed by atoms with Gasteiger partial charge < -0.3 is 5.11 Å². The van der Waals surface area contributed by atoms with Crippen LogP contribution in [-0.2, 0) is 17.8 Å². The van der Waals surface area contributed by atoms with Crippen LogP contribution in [0.1, 0.15) is 30.0 Å². The van der Waals surface area contributed by atoms with Crippen molar-refractivity contribution >= 4 is 21.9 Å². The van der Waals surface area contributed by atoms with Gasteiger partial charge in [-0.05, 0) is 42.5 Å². The molecule has 0 amide bonds. The van der Waals surface area contributed by atoms with Crippen molar-refractivity contribution in [1.29, 1.82) is 0 Å². The highest BCUT2D eigenvalue weighted by atomic mass is 79.9. The molecule has 3 nitrogen and oxygen atoms in total. The van der Waals surface area contributed by atoms with E-state index in [1.165, 1.54) is 16.7 Å². The van der Waals surface area contributed by atoms with E-state index in [0.29, 0.717) is 6.42 Å². The van der Waals surface area contributed by atoms with Crippen molar-refractivity contribution in [3.05, 3.63) is 33.3 Å². The molecule has 1 atom stereocenters. The van der Waals surface area contributed by atoms with Gasteiger partial charge in [0.15, 0.2) is 0 Å². The van der Waals surface area contributed by atoms with E-state index < -0.39 is 5.97 Å². The first kappa shape index (κ1) is 13.6. The van der Waals surface area contributed by atoms with Crippen LogP contribution in [0.15, 0.2) is 16.6 Å². The Bertz CT molecular complexity index is 473. The summed E-state index contributed by atoms with van der Waals surface area (Å²) in [6, 6.07) is 3.93. The van der Waals surface area contributed by atoms with Gasteiger partial charge in [0, 0.05) is 17.6 Å². The third-order valence-electron chi connectivity index (χ3n) is 3.57. The summed E-state index contributed by atoms with van der Waals surface area (Å²) >= 11 is 3.60. The topological polar surface area (TPSA) is 40.5 Å². The number of aliphatic carboxylic acids is 1. The van der Waals surface area contributed by atoms with E-state index in [2.05, 4.69) is 39.9 Å². The summed E-state index contributed by atoms with van der Waals surface area (Å²) in [5, 5.41) is 9.23. The lowest BCUT2D eigenvalue weighted by molar-refractivity contribution is -0.143. The summed E-state index contributed by atoms with van der Waals surface area (Å²) in [6.45, 7) is 5.55. The summed E-state index contributed by atoms with van der Waals surface area (Å²) in [7, 11) is 0. The minimum Gasteiger partial charge on any atom is -0.480 e. The first-order chi connectivity index (χ1) is 8.52. The molecule has 0 fully saturated rings. The molecule has 0 radical (unpaired) electrons. The highest BCUT2D eigenvalue weighted by molar-refractivity contribution is 9.10. The van der Waals surface area contributed by atoms with Crippen LogP contribution in [0.25, 0.3) is 0 Å². The molecule has 18 heavy (non-hydrogen) atoms. The normalized spacial score (nSPS) is 17.3. The highest BCUT2D eigenvalue weighted by Gasteiger charge is 2.27. The van der Waals surface area contributed by atoms with Crippen LogP contribution in [0.5, 0.6) is 0 Å². The zero-order valence-electron chi connectivity index (χ0n) is 10.7. The number of hydrogen-bond acceptors (Lipinski definition) is 2. The molecule has 1 unspecified atom stereocenters. The first-order valence-corrected chi connectivity index (χ1v) is 7.07. The highest BCUT2D eigenvalue weighted by Crippen LogP contribution is 2.29. The number of carboxylic acids is 1. The smallest absolute Gasteiger partial charge is 0.320 e. The molecule has 0 spiro atoms. The van der Waals surface area contributed by atoms with Gasteiger partial charge in [0.05, 0.1) is 0 Å². The molecule has 98 valence electrons. The minimum atomic E-state index is -0.715. The fourth-order valence-electron chi connectivity index (χ4n) is 2.67. The Kier molecular flexibility index (Phi) is 4.07. The Morgan fingerprint density at radius 1 is 1.56 bits per heavy atom. The van der Waals surface area contributed by atoms with Crippen LogP contribution < -0.4 is 0 Å². The van der Waals surface area contributed by atoms with Gasteiger partial charge in [-0.25, -0.2) is 0 Å². The van der Waals surface area contributed by atoms with Gasteiger partial charge >= 0.3 is 5.97 Å². The van der Waals surface area contributed by atoms with Crippen molar-refractivity contribution in [2.24, 2.45) is 0 Å².